The molecule has 19 heavy (non-hydrogen) atoms. The molecular formula is C13H18N4OS. The summed E-state index contributed by atoms with van der Waals surface area (Å²) < 4.78 is 0. The number of amides is 1. The van der Waals surface area contributed by atoms with Gasteiger partial charge in [0.2, 0.25) is 0 Å². The third-order valence-electron chi connectivity index (χ3n) is 3.15. The van der Waals surface area contributed by atoms with Gasteiger partial charge in [-0.05, 0) is 19.9 Å². The molecule has 5 nitrogen and oxygen atoms in total. The number of thiazole rings is 1. The molecule has 2 aromatic rings. The second-order valence-corrected chi connectivity index (χ2v) is 5.62. The van der Waals surface area contributed by atoms with Crippen molar-refractivity contribution in [3.63, 3.8) is 0 Å². The van der Waals surface area contributed by atoms with E-state index in [0.29, 0.717) is 12.2 Å². The van der Waals surface area contributed by atoms with Crippen molar-refractivity contribution in [2.45, 2.75) is 19.9 Å². The van der Waals surface area contributed by atoms with Crippen LogP contribution in [-0.4, -0.2) is 40.4 Å². The minimum absolute atomic E-state index is 0.0146. The van der Waals surface area contributed by atoms with Crippen molar-refractivity contribution in [2.24, 2.45) is 5.73 Å². The lowest BCUT2D eigenvalue weighted by atomic mass is 10.2. The second kappa shape index (κ2) is 5.54. The number of nitrogens with zero attached hydrogens (tertiary/aromatic N) is 2. The number of aryl methyl sites for hydroxylation is 1. The summed E-state index contributed by atoms with van der Waals surface area (Å²) in [5.74, 6) is -0.0591. The number of aromatic amines is 1. The van der Waals surface area contributed by atoms with E-state index >= 15 is 0 Å². The maximum atomic E-state index is 12.2. The Labute approximate surface area is 116 Å². The third kappa shape index (κ3) is 2.85. The quantitative estimate of drug-likeness (QED) is 0.896. The first-order valence-electron chi connectivity index (χ1n) is 6.11. The van der Waals surface area contributed by atoms with Gasteiger partial charge in [0.05, 0.1) is 10.7 Å². The Morgan fingerprint density at radius 1 is 1.63 bits per heavy atom. The molecule has 0 saturated carbocycles. The van der Waals surface area contributed by atoms with E-state index in [1.165, 1.54) is 0 Å². The van der Waals surface area contributed by atoms with Gasteiger partial charge in [-0.3, -0.25) is 4.79 Å². The zero-order chi connectivity index (χ0) is 14.0. The molecule has 0 saturated heterocycles. The predicted molar refractivity (Wildman–Crippen MR) is 77.2 cm³/mol. The van der Waals surface area contributed by atoms with Gasteiger partial charge in [-0.25, -0.2) is 4.98 Å². The molecule has 6 heteroatoms. The van der Waals surface area contributed by atoms with Gasteiger partial charge in [0.1, 0.15) is 5.69 Å². The van der Waals surface area contributed by atoms with E-state index in [0.717, 1.165) is 16.3 Å². The van der Waals surface area contributed by atoms with Gasteiger partial charge in [-0.1, -0.05) is 0 Å². The number of nitrogens with two attached hydrogens (primary N) is 1. The van der Waals surface area contributed by atoms with E-state index in [4.69, 9.17) is 5.73 Å². The third-order valence-corrected chi connectivity index (χ3v) is 3.92. The molecule has 1 unspecified atom stereocenters. The summed E-state index contributed by atoms with van der Waals surface area (Å²) in [6, 6.07) is 1.84. The average molecular weight is 278 g/mol. The number of hydrogen-bond donors (Lipinski definition) is 2. The van der Waals surface area contributed by atoms with Crippen LogP contribution in [0, 0.1) is 6.92 Å². The summed E-state index contributed by atoms with van der Waals surface area (Å²) in [7, 11) is 1.76. The Bertz CT molecular complexity index is 575. The van der Waals surface area contributed by atoms with Gasteiger partial charge >= 0.3 is 0 Å². The molecule has 0 fully saturated rings. The lowest BCUT2D eigenvalue weighted by Gasteiger charge is -2.22. The van der Waals surface area contributed by atoms with Crippen molar-refractivity contribution in [1.29, 1.82) is 0 Å². The van der Waals surface area contributed by atoms with E-state index in [1.807, 2.05) is 31.5 Å². The highest BCUT2D eigenvalue weighted by Crippen LogP contribution is 2.22. The lowest BCUT2D eigenvalue weighted by Crippen LogP contribution is -2.39. The maximum Gasteiger partial charge on any atom is 0.270 e. The Hall–Kier alpha value is -1.66. The van der Waals surface area contributed by atoms with E-state index in [9.17, 15) is 4.79 Å². The van der Waals surface area contributed by atoms with Crippen LogP contribution in [0.5, 0.6) is 0 Å². The van der Waals surface area contributed by atoms with Crippen molar-refractivity contribution in [2.75, 3.05) is 13.6 Å². The number of carbonyl (C=O) groups excluding carboxylic acids is 1. The number of hydrogen-bond acceptors (Lipinski definition) is 4. The zero-order valence-electron chi connectivity index (χ0n) is 11.3. The van der Waals surface area contributed by atoms with Crippen LogP contribution in [0.2, 0.25) is 0 Å². The molecule has 102 valence electrons. The fraction of sp³-hybridized carbons (Fsp3) is 0.385. The minimum Gasteiger partial charge on any atom is -0.357 e. The number of nitrogens with one attached hydrogen (secondary N) is 1. The van der Waals surface area contributed by atoms with Crippen LogP contribution in [-0.2, 0) is 0 Å². The molecule has 0 radical (unpaired) electrons. The van der Waals surface area contributed by atoms with Crippen LogP contribution in [0.15, 0.2) is 17.6 Å². The van der Waals surface area contributed by atoms with Crippen molar-refractivity contribution in [1.82, 2.24) is 14.9 Å². The highest BCUT2D eigenvalue weighted by molar-refractivity contribution is 7.09. The number of aromatic nitrogens is 2. The summed E-state index contributed by atoms with van der Waals surface area (Å²) in [6.07, 6.45) is 1.81. The first-order chi connectivity index (χ1) is 9.02. The molecule has 0 aliphatic heterocycles. The number of rotatable bonds is 4. The highest BCUT2D eigenvalue weighted by Gasteiger charge is 2.18. The summed E-state index contributed by atoms with van der Waals surface area (Å²) in [5, 5.41) is 3.00. The predicted octanol–water partition coefficient (Wildman–Crippen LogP) is 1.87. The summed E-state index contributed by atoms with van der Waals surface area (Å²) in [6.45, 7) is 4.33. The Morgan fingerprint density at radius 2 is 2.37 bits per heavy atom. The maximum absolute atomic E-state index is 12.2. The van der Waals surface area contributed by atoms with Gasteiger partial charge < -0.3 is 15.6 Å². The fourth-order valence-corrected chi connectivity index (χ4v) is 2.33. The molecule has 2 heterocycles. The number of H-pyrrole nitrogens is 1. The van der Waals surface area contributed by atoms with Crippen molar-refractivity contribution in [3.05, 3.63) is 28.3 Å². The van der Waals surface area contributed by atoms with Crippen molar-refractivity contribution in [3.8, 4) is 11.3 Å². The Morgan fingerprint density at radius 3 is 2.95 bits per heavy atom. The van der Waals surface area contributed by atoms with Crippen LogP contribution in [0.3, 0.4) is 0 Å². The van der Waals surface area contributed by atoms with Crippen LogP contribution in [0.1, 0.15) is 22.4 Å². The molecule has 0 aliphatic carbocycles. The van der Waals surface area contributed by atoms with Gasteiger partial charge in [-0.15, -0.1) is 11.3 Å². The van der Waals surface area contributed by atoms with Crippen LogP contribution < -0.4 is 5.73 Å². The van der Waals surface area contributed by atoms with E-state index in [-0.39, 0.29) is 11.9 Å². The van der Waals surface area contributed by atoms with Crippen molar-refractivity contribution >= 4 is 17.2 Å². The molecule has 0 bridgehead atoms. The first-order valence-corrected chi connectivity index (χ1v) is 6.99. The van der Waals surface area contributed by atoms with E-state index in [2.05, 4.69) is 9.97 Å². The van der Waals surface area contributed by atoms with Gasteiger partial charge in [-0.2, -0.15) is 0 Å². The van der Waals surface area contributed by atoms with Gasteiger partial charge in [0.25, 0.3) is 5.91 Å². The Kier molecular flexibility index (Phi) is 4.01. The highest BCUT2D eigenvalue weighted by atomic mass is 32.1. The summed E-state index contributed by atoms with van der Waals surface area (Å²) in [5.41, 5.74) is 7.96. The minimum atomic E-state index is -0.0591. The largest absolute Gasteiger partial charge is 0.357 e. The molecule has 0 aromatic carbocycles. The molecular weight excluding hydrogens is 260 g/mol. The molecule has 2 aromatic heterocycles. The molecule has 3 N–H and O–H groups in total. The zero-order valence-corrected chi connectivity index (χ0v) is 12.1. The monoisotopic (exact) mass is 278 g/mol. The molecule has 1 atom stereocenters. The molecule has 0 spiro atoms. The normalized spacial score (nSPS) is 12.4. The number of carbonyl (C=O) groups is 1. The average Bonchev–Trinajstić information content (AvgIpc) is 3.04. The summed E-state index contributed by atoms with van der Waals surface area (Å²) in [4.78, 5) is 21.3. The van der Waals surface area contributed by atoms with Gasteiger partial charge in [0, 0.05) is 36.8 Å². The van der Waals surface area contributed by atoms with Crippen molar-refractivity contribution < 1.29 is 4.79 Å². The molecule has 0 aliphatic rings. The number of likely N-dealkylation sites (N-methyl/N-ethyl adjacent to an activating group) is 1. The van der Waals surface area contributed by atoms with Gasteiger partial charge in [0.15, 0.2) is 0 Å². The lowest BCUT2D eigenvalue weighted by molar-refractivity contribution is 0.0743. The fourth-order valence-electron chi connectivity index (χ4n) is 1.71. The molecule has 2 rings (SSSR count). The second-order valence-electron chi connectivity index (χ2n) is 4.55. The van der Waals surface area contributed by atoms with E-state index in [1.54, 1.807) is 23.3 Å². The SMILES string of the molecule is Cc1nc(-c2c[nH]c(C(=O)N(C)C(C)CN)c2)cs1. The summed E-state index contributed by atoms with van der Waals surface area (Å²) >= 11 is 1.59. The van der Waals surface area contributed by atoms with Crippen LogP contribution in [0.25, 0.3) is 11.3 Å². The Balaban J connectivity index is 2.19. The standard InChI is InChI=1S/C13H18N4OS/c1-8(5-14)17(3)13(18)11-4-10(6-15-11)12-7-19-9(2)16-12/h4,6-8,15H,5,14H2,1-3H3. The first kappa shape index (κ1) is 13.8. The topological polar surface area (TPSA) is 75.0 Å². The van der Waals surface area contributed by atoms with E-state index < -0.39 is 0 Å². The van der Waals surface area contributed by atoms with Crippen LogP contribution >= 0.6 is 11.3 Å². The smallest absolute Gasteiger partial charge is 0.270 e. The van der Waals surface area contributed by atoms with Crippen LogP contribution in [0.4, 0.5) is 0 Å². The molecule has 1 amide bonds.